The van der Waals surface area contributed by atoms with E-state index in [-0.39, 0.29) is 0 Å². The van der Waals surface area contributed by atoms with Crippen molar-refractivity contribution in [2.75, 3.05) is 6.61 Å². The van der Waals surface area contributed by atoms with Crippen LogP contribution in [-0.4, -0.2) is 23.7 Å². The molecule has 1 aromatic heterocycles. The van der Waals surface area contributed by atoms with Gasteiger partial charge in [0.25, 0.3) is 0 Å². The fourth-order valence-corrected chi connectivity index (χ4v) is 4.33. The lowest BCUT2D eigenvalue weighted by Crippen LogP contribution is -2.64. The standard InChI is InChI=1S/C18H28N2O/c1-3-21-17-12-16(18(17)9-5-4-6-10-18)20-14(2)15-8-7-11-19-13-15/h7-8,11,13-14,16-17,20H,3-6,9-10,12H2,1-2H3/t14-,16?,17?/m0/s1. The Morgan fingerprint density at radius 2 is 2.19 bits per heavy atom. The maximum atomic E-state index is 6.04. The first-order chi connectivity index (χ1) is 10.3. The van der Waals surface area contributed by atoms with E-state index < -0.39 is 0 Å². The van der Waals surface area contributed by atoms with Crippen LogP contribution < -0.4 is 5.32 Å². The average Bonchev–Trinajstić information content (AvgIpc) is 2.55. The van der Waals surface area contributed by atoms with Gasteiger partial charge in [-0.1, -0.05) is 25.3 Å². The van der Waals surface area contributed by atoms with Crippen LogP contribution in [0.4, 0.5) is 0 Å². The van der Waals surface area contributed by atoms with Gasteiger partial charge in [-0.15, -0.1) is 0 Å². The van der Waals surface area contributed by atoms with E-state index in [1.54, 1.807) is 0 Å². The molecule has 2 saturated carbocycles. The van der Waals surface area contributed by atoms with Crippen molar-refractivity contribution in [1.29, 1.82) is 0 Å². The van der Waals surface area contributed by atoms with Crippen molar-refractivity contribution >= 4 is 0 Å². The summed E-state index contributed by atoms with van der Waals surface area (Å²) < 4.78 is 6.04. The van der Waals surface area contributed by atoms with Crippen LogP contribution in [0.3, 0.4) is 0 Å². The number of pyridine rings is 1. The molecule has 3 rings (SSSR count). The van der Waals surface area contributed by atoms with Gasteiger partial charge >= 0.3 is 0 Å². The van der Waals surface area contributed by atoms with Crippen LogP contribution in [0.1, 0.15) is 64.0 Å². The molecule has 0 aromatic carbocycles. The highest BCUT2D eigenvalue weighted by Crippen LogP contribution is 2.53. The zero-order chi connectivity index (χ0) is 14.7. The Kier molecular flexibility index (Phi) is 4.60. The Bertz CT molecular complexity index is 442. The summed E-state index contributed by atoms with van der Waals surface area (Å²) in [4.78, 5) is 4.24. The maximum Gasteiger partial charge on any atom is 0.0661 e. The molecule has 0 radical (unpaired) electrons. The van der Waals surface area contributed by atoms with Gasteiger partial charge in [0.05, 0.1) is 6.10 Å². The number of ether oxygens (including phenoxy) is 1. The molecule has 21 heavy (non-hydrogen) atoms. The van der Waals surface area contributed by atoms with Crippen molar-refractivity contribution in [2.24, 2.45) is 5.41 Å². The molecule has 2 aliphatic rings. The minimum atomic E-state index is 0.366. The molecule has 1 N–H and O–H groups in total. The third kappa shape index (κ3) is 2.86. The molecule has 116 valence electrons. The molecule has 2 fully saturated rings. The molecule has 3 nitrogen and oxygen atoms in total. The predicted octanol–water partition coefficient (Wildman–Crippen LogP) is 3.86. The summed E-state index contributed by atoms with van der Waals surface area (Å²) in [5.41, 5.74) is 1.67. The molecule has 1 aromatic rings. The highest BCUT2D eigenvalue weighted by atomic mass is 16.5. The minimum Gasteiger partial charge on any atom is -0.378 e. The van der Waals surface area contributed by atoms with Crippen molar-refractivity contribution in [3.05, 3.63) is 30.1 Å². The van der Waals surface area contributed by atoms with Crippen LogP contribution in [0.5, 0.6) is 0 Å². The van der Waals surface area contributed by atoms with Gasteiger partial charge in [-0.05, 0) is 44.7 Å². The van der Waals surface area contributed by atoms with E-state index in [9.17, 15) is 0 Å². The second-order valence-electron chi connectivity index (χ2n) is 6.70. The number of hydrogen-bond donors (Lipinski definition) is 1. The summed E-state index contributed by atoms with van der Waals surface area (Å²) in [6.07, 6.45) is 12.2. The largest absolute Gasteiger partial charge is 0.378 e. The van der Waals surface area contributed by atoms with E-state index in [2.05, 4.69) is 30.2 Å². The number of aromatic nitrogens is 1. The molecule has 0 amide bonds. The first kappa shape index (κ1) is 15.0. The van der Waals surface area contributed by atoms with Gasteiger partial charge in [-0.2, -0.15) is 0 Å². The Balaban J connectivity index is 1.67. The van der Waals surface area contributed by atoms with Gasteiger partial charge in [0.2, 0.25) is 0 Å². The number of hydrogen-bond acceptors (Lipinski definition) is 3. The van der Waals surface area contributed by atoms with Crippen LogP contribution in [0.15, 0.2) is 24.5 Å². The first-order valence-corrected chi connectivity index (χ1v) is 8.54. The number of nitrogens with zero attached hydrogens (tertiary/aromatic N) is 1. The summed E-state index contributed by atoms with van der Waals surface area (Å²) in [6.45, 7) is 5.22. The molecule has 2 aliphatic carbocycles. The highest BCUT2D eigenvalue weighted by Gasteiger charge is 2.55. The van der Waals surface area contributed by atoms with Crippen LogP contribution in [0, 0.1) is 5.41 Å². The second kappa shape index (κ2) is 6.45. The van der Waals surface area contributed by atoms with E-state index in [4.69, 9.17) is 4.74 Å². The van der Waals surface area contributed by atoms with E-state index in [1.807, 2.05) is 18.5 Å². The summed E-state index contributed by atoms with van der Waals surface area (Å²) >= 11 is 0. The van der Waals surface area contributed by atoms with Gasteiger partial charge < -0.3 is 10.1 Å². The summed E-state index contributed by atoms with van der Waals surface area (Å²) in [5, 5.41) is 3.86. The zero-order valence-electron chi connectivity index (χ0n) is 13.3. The van der Waals surface area contributed by atoms with Crippen LogP contribution in [0.2, 0.25) is 0 Å². The third-order valence-corrected chi connectivity index (χ3v) is 5.57. The van der Waals surface area contributed by atoms with Crippen molar-refractivity contribution < 1.29 is 4.74 Å². The quantitative estimate of drug-likeness (QED) is 0.893. The Labute approximate surface area is 128 Å². The third-order valence-electron chi connectivity index (χ3n) is 5.57. The van der Waals surface area contributed by atoms with Gasteiger partial charge in [0.1, 0.15) is 0 Å². The molecule has 0 aliphatic heterocycles. The fourth-order valence-electron chi connectivity index (χ4n) is 4.33. The number of nitrogens with one attached hydrogen (secondary N) is 1. The smallest absolute Gasteiger partial charge is 0.0661 e. The predicted molar refractivity (Wildman–Crippen MR) is 85.1 cm³/mol. The van der Waals surface area contributed by atoms with Crippen molar-refractivity contribution in [2.45, 2.75) is 70.6 Å². The van der Waals surface area contributed by atoms with Crippen LogP contribution >= 0.6 is 0 Å². The number of rotatable bonds is 5. The molecule has 0 saturated heterocycles. The second-order valence-corrected chi connectivity index (χ2v) is 6.70. The van der Waals surface area contributed by atoms with E-state index in [0.717, 1.165) is 6.61 Å². The monoisotopic (exact) mass is 288 g/mol. The summed E-state index contributed by atoms with van der Waals surface area (Å²) in [7, 11) is 0. The lowest BCUT2D eigenvalue weighted by molar-refractivity contribution is -0.152. The SMILES string of the molecule is CCOC1CC(N[C@@H](C)c2cccnc2)C12CCCCC2. The van der Waals surface area contributed by atoms with Gasteiger partial charge in [-0.25, -0.2) is 0 Å². The van der Waals surface area contributed by atoms with E-state index in [1.165, 1.54) is 44.1 Å². The molecular formula is C18H28N2O. The van der Waals surface area contributed by atoms with Crippen molar-refractivity contribution in [1.82, 2.24) is 10.3 Å². The topological polar surface area (TPSA) is 34.1 Å². The molecule has 2 unspecified atom stereocenters. The van der Waals surface area contributed by atoms with Crippen molar-refractivity contribution in [3.8, 4) is 0 Å². The van der Waals surface area contributed by atoms with Crippen LogP contribution in [0.25, 0.3) is 0 Å². The Hall–Kier alpha value is -0.930. The lowest BCUT2D eigenvalue weighted by Gasteiger charge is -2.58. The molecule has 1 spiro atoms. The molecule has 3 atom stereocenters. The Morgan fingerprint density at radius 3 is 2.86 bits per heavy atom. The highest BCUT2D eigenvalue weighted by molar-refractivity contribution is 5.16. The average molecular weight is 288 g/mol. The maximum absolute atomic E-state index is 6.04. The van der Waals surface area contributed by atoms with E-state index >= 15 is 0 Å². The van der Waals surface area contributed by atoms with Gasteiger partial charge in [0.15, 0.2) is 0 Å². The normalized spacial score (nSPS) is 29.0. The first-order valence-electron chi connectivity index (χ1n) is 8.54. The van der Waals surface area contributed by atoms with Gasteiger partial charge in [-0.3, -0.25) is 4.98 Å². The van der Waals surface area contributed by atoms with Gasteiger partial charge in [0, 0.05) is 36.5 Å². The van der Waals surface area contributed by atoms with Crippen LogP contribution in [-0.2, 0) is 4.74 Å². The lowest BCUT2D eigenvalue weighted by atomic mass is 9.55. The molecular weight excluding hydrogens is 260 g/mol. The Morgan fingerprint density at radius 1 is 1.38 bits per heavy atom. The zero-order valence-corrected chi connectivity index (χ0v) is 13.3. The molecule has 1 heterocycles. The van der Waals surface area contributed by atoms with E-state index in [0.29, 0.717) is 23.6 Å². The molecule has 0 bridgehead atoms. The summed E-state index contributed by atoms with van der Waals surface area (Å²) in [6, 6.07) is 5.15. The fraction of sp³-hybridized carbons (Fsp3) is 0.722. The molecule has 3 heteroatoms. The van der Waals surface area contributed by atoms with Crippen molar-refractivity contribution in [3.63, 3.8) is 0 Å². The summed E-state index contributed by atoms with van der Waals surface area (Å²) in [5.74, 6) is 0. The minimum absolute atomic E-state index is 0.366.